The lowest BCUT2D eigenvalue weighted by Crippen LogP contribution is -2.36. The Morgan fingerprint density at radius 3 is 2.85 bits per heavy atom. The van der Waals surface area contributed by atoms with E-state index in [1.165, 1.54) is 25.5 Å². The maximum atomic E-state index is 11.5. The molecule has 1 atom stereocenters. The van der Waals surface area contributed by atoms with Gasteiger partial charge in [-0.1, -0.05) is 24.3 Å². The van der Waals surface area contributed by atoms with Gasteiger partial charge in [-0.05, 0) is 37.6 Å². The van der Waals surface area contributed by atoms with Crippen LogP contribution in [0.15, 0.2) is 24.3 Å². The van der Waals surface area contributed by atoms with E-state index in [9.17, 15) is 4.79 Å². The number of carbonyl (C=O) groups excluding carboxylic acids is 1. The van der Waals surface area contributed by atoms with Crippen LogP contribution in [0.5, 0.6) is 0 Å². The highest BCUT2D eigenvalue weighted by Crippen LogP contribution is 2.21. The minimum absolute atomic E-state index is 0.175. The Morgan fingerprint density at radius 1 is 1.40 bits per heavy atom. The summed E-state index contributed by atoms with van der Waals surface area (Å²) in [6.45, 7) is 3.08. The first-order valence-corrected chi connectivity index (χ1v) is 7.27. The third kappa shape index (κ3) is 3.81. The zero-order valence-corrected chi connectivity index (χ0v) is 12.4. The second-order valence-electron chi connectivity index (χ2n) is 5.35. The van der Waals surface area contributed by atoms with Gasteiger partial charge < -0.3 is 10.1 Å². The van der Waals surface area contributed by atoms with Crippen molar-refractivity contribution in [1.82, 2.24) is 10.2 Å². The van der Waals surface area contributed by atoms with Crippen LogP contribution in [0, 0.1) is 0 Å². The summed E-state index contributed by atoms with van der Waals surface area (Å²) in [4.78, 5) is 14.0. The number of hydrogen-bond donors (Lipinski definition) is 1. The van der Waals surface area contributed by atoms with Crippen LogP contribution in [0.2, 0.25) is 0 Å². The van der Waals surface area contributed by atoms with Crippen molar-refractivity contribution < 1.29 is 9.53 Å². The molecule has 1 aliphatic heterocycles. The number of likely N-dealkylation sites (tertiary alicyclic amines) is 1. The van der Waals surface area contributed by atoms with Gasteiger partial charge in [0.25, 0.3) is 0 Å². The number of likely N-dealkylation sites (N-methyl/N-ethyl adjacent to an activating group) is 1. The molecule has 0 spiro atoms. The number of carbonyl (C=O) groups is 1. The molecule has 1 aliphatic rings. The number of rotatable bonds is 6. The minimum Gasteiger partial charge on any atom is -0.469 e. The van der Waals surface area contributed by atoms with E-state index in [1.54, 1.807) is 0 Å². The van der Waals surface area contributed by atoms with Crippen molar-refractivity contribution in [3.05, 3.63) is 35.4 Å². The van der Waals surface area contributed by atoms with E-state index < -0.39 is 0 Å². The van der Waals surface area contributed by atoms with Crippen LogP contribution >= 0.6 is 0 Å². The molecule has 1 fully saturated rings. The van der Waals surface area contributed by atoms with Gasteiger partial charge in [0, 0.05) is 19.1 Å². The van der Waals surface area contributed by atoms with E-state index in [2.05, 4.69) is 16.3 Å². The van der Waals surface area contributed by atoms with E-state index in [-0.39, 0.29) is 5.97 Å². The first kappa shape index (κ1) is 15.0. The van der Waals surface area contributed by atoms with E-state index in [4.69, 9.17) is 4.74 Å². The molecule has 20 heavy (non-hydrogen) atoms. The number of benzene rings is 1. The fourth-order valence-corrected chi connectivity index (χ4v) is 2.90. The average Bonchev–Trinajstić information content (AvgIpc) is 2.88. The van der Waals surface area contributed by atoms with Gasteiger partial charge in [0.15, 0.2) is 0 Å². The molecule has 0 bridgehead atoms. The van der Waals surface area contributed by atoms with Crippen molar-refractivity contribution in [2.75, 3.05) is 27.2 Å². The smallest absolute Gasteiger partial charge is 0.309 e. The number of hydrogen-bond acceptors (Lipinski definition) is 4. The summed E-state index contributed by atoms with van der Waals surface area (Å²) in [5.41, 5.74) is 2.32. The molecule has 0 aromatic heterocycles. The van der Waals surface area contributed by atoms with Gasteiger partial charge in [0.05, 0.1) is 13.5 Å². The molecule has 0 aliphatic carbocycles. The van der Waals surface area contributed by atoms with Crippen molar-refractivity contribution in [1.29, 1.82) is 0 Å². The molecule has 1 heterocycles. The Balaban J connectivity index is 2.06. The Morgan fingerprint density at radius 2 is 2.15 bits per heavy atom. The van der Waals surface area contributed by atoms with Crippen molar-refractivity contribution in [3.8, 4) is 0 Å². The SMILES string of the molecule is CNCC1CCCN1Cc1ccccc1CC(=O)OC. The van der Waals surface area contributed by atoms with Crippen LogP contribution in [-0.2, 0) is 22.5 Å². The molecule has 1 N–H and O–H groups in total. The monoisotopic (exact) mass is 276 g/mol. The highest BCUT2D eigenvalue weighted by atomic mass is 16.5. The number of methoxy groups -OCH3 is 1. The van der Waals surface area contributed by atoms with Crippen molar-refractivity contribution in [3.63, 3.8) is 0 Å². The molecule has 1 saturated heterocycles. The average molecular weight is 276 g/mol. The number of nitrogens with one attached hydrogen (secondary N) is 1. The largest absolute Gasteiger partial charge is 0.469 e. The standard InChI is InChI=1S/C16H24N2O2/c1-17-11-15-8-5-9-18(15)12-14-7-4-3-6-13(14)10-16(19)20-2/h3-4,6-7,15,17H,5,8-12H2,1-2H3. The quantitative estimate of drug-likeness (QED) is 0.801. The van der Waals surface area contributed by atoms with Gasteiger partial charge in [-0.15, -0.1) is 0 Å². The predicted octanol–water partition coefficient (Wildman–Crippen LogP) is 1.59. The first-order chi connectivity index (χ1) is 9.74. The summed E-state index contributed by atoms with van der Waals surface area (Å²) < 4.78 is 4.78. The lowest BCUT2D eigenvalue weighted by atomic mass is 10.0. The zero-order valence-electron chi connectivity index (χ0n) is 12.4. The van der Waals surface area contributed by atoms with Crippen LogP contribution < -0.4 is 5.32 Å². The highest BCUT2D eigenvalue weighted by Gasteiger charge is 2.24. The maximum absolute atomic E-state index is 11.5. The Bertz CT molecular complexity index is 448. The van der Waals surface area contributed by atoms with Gasteiger partial charge in [-0.2, -0.15) is 0 Å². The second-order valence-corrected chi connectivity index (χ2v) is 5.35. The van der Waals surface area contributed by atoms with Crippen LogP contribution in [0.25, 0.3) is 0 Å². The van der Waals surface area contributed by atoms with Crippen LogP contribution in [0.1, 0.15) is 24.0 Å². The van der Waals surface area contributed by atoms with Crippen molar-refractivity contribution in [2.45, 2.75) is 31.8 Å². The maximum Gasteiger partial charge on any atom is 0.309 e. The molecule has 0 radical (unpaired) electrons. The number of nitrogens with zero attached hydrogens (tertiary/aromatic N) is 1. The summed E-state index contributed by atoms with van der Waals surface area (Å²) in [5.74, 6) is -0.175. The summed E-state index contributed by atoms with van der Waals surface area (Å²) in [6, 6.07) is 8.77. The topological polar surface area (TPSA) is 41.6 Å². The lowest BCUT2D eigenvalue weighted by Gasteiger charge is -2.25. The summed E-state index contributed by atoms with van der Waals surface area (Å²) in [7, 11) is 3.44. The van der Waals surface area contributed by atoms with Crippen molar-refractivity contribution >= 4 is 5.97 Å². The van der Waals surface area contributed by atoms with Crippen LogP contribution in [-0.4, -0.2) is 44.2 Å². The molecule has 1 aromatic rings. The first-order valence-electron chi connectivity index (χ1n) is 7.27. The van der Waals surface area contributed by atoms with E-state index >= 15 is 0 Å². The Kier molecular flexibility index (Phi) is 5.56. The summed E-state index contributed by atoms with van der Waals surface area (Å²) in [6.07, 6.45) is 2.86. The molecule has 2 rings (SSSR count). The fourth-order valence-electron chi connectivity index (χ4n) is 2.90. The molecule has 0 amide bonds. The molecular formula is C16H24N2O2. The van der Waals surface area contributed by atoms with Gasteiger partial charge in [0.1, 0.15) is 0 Å². The molecule has 110 valence electrons. The molecule has 1 aromatic carbocycles. The highest BCUT2D eigenvalue weighted by molar-refractivity contribution is 5.72. The molecule has 4 heteroatoms. The molecule has 4 nitrogen and oxygen atoms in total. The van der Waals surface area contributed by atoms with Crippen LogP contribution in [0.3, 0.4) is 0 Å². The number of esters is 1. The van der Waals surface area contributed by atoms with E-state index in [0.717, 1.165) is 25.2 Å². The Labute approximate surface area is 121 Å². The zero-order chi connectivity index (χ0) is 14.4. The number of ether oxygens (including phenoxy) is 1. The van der Waals surface area contributed by atoms with Crippen molar-refractivity contribution in [2.24, 2.45) is 0 Å². The molecule has 0 saturated carbocycles. The van der Waals surface area contributed by atoms with Crippen LogP contribution in [0.4, 0.5) is 0 Å². The molecular weight excluding hydrogens is 252 g/mol. The summed E-state index contributed by atoms with van der Waals surface area (Å²) >= 11 is 0. The van der Waals surface area contributed by atoms with Gasteiger partial charge >= 0.3 is 5.97 Å². The Hall–Kier alpha value is -1.39. The lowest BCUT2D eigenvalue weighted by molar-refractivity contribution is -0.139. The third-order valence-corrected chi connectivity index (χ3v) is 3.99. The minimum atomic E-state index is -0.175. The van der Waals surface area contributed by atoms with Gasteiger partial charge in [-0.3, -0.25) is 9.69 Å². The van der Waals surface area contributed by atoms with E-state index in [0.29, 0.717) is 12.5 Å². The third-order valence-electron chi connectivity index (χ3n) is 3.99. The normalized spacial score (nSPS) is 19.2. The summed E-state index contributed by atoms with van der Waals surface area (Å²) in [5, 5.41) is 3.27. The molecule has 1 unspecified atom stereocenters. The second kappa shape index (κ2) is 7.41. The predicted molar refractivity (Wildman–Crippen MR) is 79.5 cm³/mol. The van der Waals surface area contributed by atoms with Gasteiger partial charge in [0.2, 0.25) is 0 Å². The van der Waals surface area contributed by atoms with Gasteiger partial charge in [-0.25, -0.2) is 0 Å². The fraction of sp³-hybridized carbons (Fsp3) is 0.562. The van der Waals surface area contributed by atoms with E-state index in [1.807, 2.05) is 25.2 Å².